The van der Waals surface area contributed by atoms with Gasteiger partial charge in [0.15, 0.2) is 15.6 Å². The van der Waals surface area contributed by atoms with Crippen molar-refractivity contribution in [2.24, 2.45) is 0 Å². The van der Waals surface area contributed by atoms with Crippen molar-refractivity contribution in [2.75, 3.05) is 18.1 Å². The molecule has 2 aromatic carbocycles. The summed E-state index contributed by atoms with van der Waals surface area (Å²) in [6, 6.07) is 9.79. The number of carbonyl (C=O) groups is 1. The standard InChI is InChI=1S/C25H30Cl3NO4S/c1-2-3-4-5-6-12-33-24-22(27)14-19(15-23(24)28)25(30)29(21-11-13-34(31,32)17-21)16-18-7-9-20(26)10-8-18/h7-10,14-15,21H,2-6,11-13,16-17H2,1H3. The van der Waals surface area contributed by atoms with Crippen LogP contribution in [0.15, 0.2) is 36.4 Å². The molecule has 1 aliphatic heterocycles. The molecule has 5 nitrogen and oxygen atoms in total. The molecule has 0 bridgehead atoms. The highest BCUT2D eigenvalue weighted by Gasteiger charge is 2.35. The van der Waals surface area contributed by atoms with E-state index in [9.17, 15) is 13.2 Å². The van der Waals surface area contributed by atoms with Crippen LogP contribution < -0.4 is 4.74 Å². The third kappa shape index (κ3) is 7.51. The molecule has 1 saturated heterocycles. The van der Waals surface area contributed by atoms with Gasteiger partial charge in [-0.05, 0) is 42.7 Å². The maximum absolute atomic E-state index is 13.5. The molecule has 1 heterocycles. The van der Waals surface area contributed by atoms with Crippen molar-refractivity contribution < 1.29 is 17.9 Å². The van der Waals surface area contributed by atoms with Crippen LogP contribution in [-0.2, 0) is 16.4 Å². The van der Waals surface area contributed by atoms with E-state index in [1.807, 2.05) is 12.1 Å². The van der Waals surface area contributed by atoms with E-state index in [2.05, 4.69) is 6.92 Å². The van der Waals surface area contributed by atoms with Gasteiger partial charge in [0.2, 0.25) is 0 Å². The average molecular weight is 547 g/mol. The molecule has 1 aliphatic rings. The lowest BCUT2D eigenvalue weighted by molar-refractivity contribution is 0.0681. The van der Waals surface area contributed by atoms with Gasteiger partial charge in [-0.25, -0.2) is 8.42 Å². The maximum Gasteiger partial charge on any atom is 0.254 e. The van der Waals surface area contributed by atoms with E-state index in [0.717, 1.165) is 24.8 Å². The number of benzene rings is 2. The third-order valence-electron chi connectivity index (χ3n) is 5.92. The number of rotatable bonds is 11. The molecule has 0 aliphatic carbocycles. The van der Waals surface area contributed by atoms with Gasteiger partial charge in [-0.15, -0.1) is 0 Å². The lowest BCUT2D eigenvalue weighted by Crippen LogP contribution is -2.40. The highest BCUT2D eigenvalue weighted by molar-refractivity contribution is 7.91. The number of sulfone groups is 1. The first-order valence-corrected chi connectivity index (χ1v) is 14.5. The fraction of sp³-hybridized carbons (Fsp3) is 0.480. The molecule has 0 radical (unpaired) electrons. The molecular weight excluding hydrogens is 517 g/mol. The third-order valence-corrected chi connectivity index (χ3v) is 8.48. The molecule has 0 saturated carbocycles. The number of carbonyl (C=O) groups excluding carboxylic acids is 1. The van der Waals surface area contributed by atoms with Crippen LogP contribution >= 0.6 is 34.8 Å². The van der Waals surface area contributed by atoms with Gasteiger partial charge in [-0.2, -0.15) is 0 Å². The lowest BCUT2D eigenvalue weighted by Gasteiger charge is -2.29. The Labute approximate surface area is 217 Å². The largest absolute Gasteiger partial charge is 0.490 e. The number of unbranched alkanes of at least 4 members (excludes halogenated alkanes) is 4. The zero-order chi connectivity index (χ0) is 24.7. The maximum atomic E-state index is 13.5. The van der Waals surface area contributed by atoms with Crippen LogP contribution in [-0.4, -0.2) is 43.4 Å². The molecular formula is C25H30Cl3NO4S. The first-order chi connectivity index (χ1) is 16.2. The van der Waals surface area contributed by atoms with E-state index in [1.165, 1.54) is 12.8 Å². The Kier molecular flexibility index (Phi) is 9.95. The van der Waals surface area contributed by atoms with E-state index < -0.39 is 15.9 Å². The summed E-state index contributed by atoms with van der Waals surface area (Å²) in [5.41, 5.74) is 1.14. The molecule has 1 amide bonds. The van der Waals surface area contributed by atoms with Gasteiger partial charge in [0.25, 0.3) is 5.91 Å². The van der Waals surface area contributed by atoms with Crippen LogP contribution in [0.2, 0.25) is 15.1 Å². The van der Waals surface area contributed by atoms with E-state index >= 15 is 0 Å². The zero-order valence-corrected chi connectivity index (χ0v) is 22.3. The summed E-state index contributed by atoms with van der Waals surface area (Å²) in [4.78, 5) is 15.1. The highest BCUT2D eigenvalue weighted by atomic mass is 35.5. The minimum Gasteiger partial charge on any atom is -0.490 e. The first kappa shape index (κ1) is 27.1. The molecule has 186 valence electrons. The minimum atomic E-state index is -3.18. The van der Waals surface area contributed by atoms with Crippen molar-refractivity contribution in [1.29, 1.82) is 0 Å². The second-order valence-corrected chi connectivity index (χ2v) is 12.1. The molecule has 3 rings (SSSR count). The van der Waals surface area contributed by atoms with Crippen molar-refractivity contribution in [3.8, 4) is 5.75 Å². The summed E-state index contributed by atoms with van der Waals surface area (Å²) in [6.07, 6.45) is 5.91. The average Bonchev–Trinajstić information content (AvgIpc) is 3.16. The van der Waals surface area contributed by atoms with Crippen LogP contribution in [0.4, 0.5) is 0 Å². The Bertz CT molecular complexity index is 1070. The van der Waals surface area contributed by atoms with Gasteiger partial charge in [0.1, 0.15) is 0 Å². The normalized spacial score (nSPS) is 17.0. The number of hydrogen-bond donors (Lipinski definition) is 0. The summed E-state index contributed by atoms with van der Waals surface area (Å²) >= 11 is 18.9. The van der Waals surface area contributed by atoms with E-state index in [1.54, 1.807) is 29.2 Å². The molecule has 0 aromatic heterocycles. The van der Waals surface area contributed by atoms with Crippen molar-refractivity contribution >= 4 is 50.5 Å². The summed E-state index contributed by atoms with van der Waals surface area (Å²) in [7, 11) is -3.18. The molecule has 1 fully saturated rings. The molecule has 9 heteroatoms. The van der Waals surface area contributed by atoms with Gasteiger partial charge in [-0.3, -0.25) is 4.79 Å². The summed E-state index contributed by atoms with van der Waals surface area (Å²) in [5, 5.41) is 1.11. The fourth-order valence-corrected chi connectivity index (χ4v) is 6.49. The SMILES string of the molecule is CCCCCCCOc1c(Cl)cc(C(=O)N(Cc2ccc(Cl)cc2)C2CCS(=O)(=O)C2)cc1Cl. The Hall–Kier alpha value is -1.47. The Balaban J connectivity index is 1.77. The van der Waals surface area contributed by atoms with Crippen LogP contribution in [0, 0.1) is 0 Å². The second kappa shape index (κ2) is 12.5. The van der Waals surface area contributed by atoms with Gasteiger partial charge in [0, 0.05) is 23.2 Å². The predicted octanol–water partition coefficient (Wildman–Crippen LogP) is 6.83. The summed E-state index contributed by atoms with van der Waals surface area (Å²) < 4.78 is 30.0. The van der Waals surface area contributed by atoms with Gasteiger partial charge >= 0.3 is 0 Å². The predicted molar refractivity (Wildman–Crippen MR) is 139 cm³/mol. The molecule has 0 N–H and O–H groups in total. The van der Waals surface area contributed by atoms with Crippen LogP contribution in [0.25, 0.3) is 0 Å². The Morgan fingerprint density at radius 3 is 2.26 bits per heavy atom. The lowest BCUT2D eigenvalue weighted by atomic mass is 10.1. The van der Waals surface area contributed by atoms with Crippen LogP contribution in [0.5, 0.6) is 5.75 Å². The van der Waals surface area contributed by atoms with Crippen molar-refractivity contribution in [3.05, 3.63) is 62.6 Å². The van der Waals surface area contributed by atoms with Gasteiger partial charge in [0.05, 0.1) is 28.2 Å². The Morgan fingerprint density at radius 1 is 1.03 bits per heavy atom. The Morgan fingerprint density at radius 2 is 1.68 bits per heavy atom. The summed E-state index contributed by atoms with van der Waals surface area (Å²) in [5.74, 6) is 0.0387. The highest BCUT2D eigenvalue weighted by Crippen LogP contribution is 2.35. The molecule has 34 heavy (non-hydrogen) atoms. The monoisotopic (exact) mass is 545 g/mol. The first-order valence-electron chi connectivity index (χ1n) is 11.6. The van der Waals surface area contributed by atoms with Crippen molar-refractivity contribution in [3.63, 3.8) is 0 Å². The smallest absolute Gasteiger partial charge is 0.254 e. The topological polar surface area (TPSA) is 63.7 Å². The number of hydrogen-bond acceptors (Lipinski definition) is 4. The number of halogens is 3. The second-order valence-electron chi connectivity index (χ2n) is 8.65. The minimum absolute atomic E-state index is 0.0625. The molecule has 2 aromatic rings. The number of nitrogens with zero attached hydrogens (tertiary/aromatic N) is 1. The van der Waals surface area contributed by atoms with Gasteiger partial charge < -0.3 is 9.64 Å². The van der Waals surface area contributed by atoms with Crippen molar-refractivity contribution in [1.82, 2.24) is 4.90 Å². The van der Waals surface area contributed by atoms with E-state index in [0.29, 0.717) is 29.4 Å². The van der Waals surface area contributed by atoms with Crippen LogP contribution in [0.1, 0.15) is 61.4 Å². The van der Waals surface area contributed by atoms with E-state index in [-0.39, 0.29) is 34.0 Å². The molecule has 1 atom stereocenters. The molecule has 1 unspecified atom stereocenters. The zero-order valence-electron chi connectivity index (χ0n) is 19.2. The van der Waals surface area contributed by atoms with Crippen LogP contribution in [0.3, 0.4) is 0 Å². The quantitative estimate of drug-likeness (QED) is 0.290. The van der Waals surface area contributed by atoms with Crippen molar-refractivity contribution in [2.45, 2.75) is 58.0 Å². The number of amides is 1. The van der Waals surface area contributed by atoms with Gasteiger partial charge in [-0.1, -0.05) is 79.5 Å². The summed E-state index contributed by atoms with van der Waals surface area (Å²) in [6.45, 7) is 2.92. The number of ether oxygens (including phenoxy) is 1. The molecule has 0 spiro atoms. The van der Waals surface area contributed by atoms with E-state index in [4.69, 9.17) is 39.5 Å². The fourth-order valence-electron chi connectivity index (χ4n) is 4.04.